The molecule has 39 heavy (non-hydrogen) atoms. The van der Waals surface area contributed by atoms with E-state index in [2.05, 4.69) is 51.7 Å². The van der Waals surface area contributed by atoms with Crippen molar-refractivity contribution in [2.75, 3.05) is 13.1 Å². The van der Waals surface area contributed by atoms with Crippen LogP contribution in [0.25, 0.3) is 0 Å². The molecule has 0 aromatic rings. The Hall–Kier alpha value is -2.10. The standard InChI is InChI=1S/C35H49NO3/c1-7-35-18-16-33(5)25-21-26(37)29(38)23(2)24(25)11-12-27(33)34(35,6)17-15-31(3)13-14-32(4,22-28(31)35)30(39)36-19-9-8-10-20-36/h11-12,21,28,38H,7-10,13-20,22H2,1-6H3/t28-,31-,32-,33+,34-,35+/m1/s1. The fraction of sp³-hybridized carbons (Fsp3) is 0.714. The van der Waals surface area contributed by atoms with Crippen molar-refractivity contribution in [1.82, 2.24) is 4.90 Å². The van der Waals surface area contributed by atoms with E-state index < -0.39 is 0 Å². The molecule has 6 rings (SSSR count). The third-order valence-electron chi connectivity index (χ3n) is 13.3. The highest BCUT2D eigenvalue weighted by molar-refractivity contribution is 6.06. The number of rotatable bonds is 2. The van der Waals surface area contributed by atoms with Gasteiger partial charge in [-0.1, -0.05) is 52.3 Å². The summed E-state index contributed by atoms with van der Waals surface area (Å²) in [6.07, 6.45) is 18.6. The van der Waals surface area contributed by atoms with E-state index in [1.54, 1.807) is 6.08 Å². The third kappa shape index (κ3) is 3.48. The molecule has 0 spiro atoms. The molecule has 1 N–H and O–H groups in total. The van der Waals surface area contributed by atoms with E-state index in [0.717, 1.165) is 82.0 Å². The van der Waals surface area contributed by atoms with E-state index in [1.807, 2.05) is 6.92 Å². The Morgan fingerprint density at radius 1 is 0.974 bits per heavy atom. The lowest BCUT2D eigenvalue weighted by Gasteiger charge is -2.71. The number of likely N-dealkylation sites (tertiary alicyclic amines) is 1. The molecular weight excluding hydrogens is 482 g/mol. The third-order valence-corrected chi connectivity index (χ3v) is 13.3. The van der Waals surface area contributed by atoms with Gasteiger partial charge in [0, 0.05) is 29.5 Å². The summed E-state index contributed by atoms with van der Waals surface area (Å²) in [6.45, 7) is 15.9. The molecule has 0 bridgehead atoms. The molecule has 6 atom stereocenters. The minimum Gasteiger partial charge on any atom is -0.504 e. The first-order chi connectivity index (χ1) is 18.4. The number of fused-ring (bicyclic) bond motifs is 7. The van der Waals surface area contributed by atoms with Crippen molar-refractivity contribution in [3.8, 4) is 0 Å². The first-order valence-electron chi connectivity index (χ1n) is 15.7. The molecule has 1 aliphatic heterocycles. The van der Waals surface area contributed by atoms with Crippen LogP contribution in [0.2, 0.25) is 0 Å². The normalized spacial score (nSPS) is 43.8. The van der Waals surface area contributed by atoms with Crippen LogP contribution in [0.3, 0.4) is 0 Å². The maximum atomic E-state index is 14.1. The number of aliphatic hydroxyl groups excluding tert-OH is 1. The van der Waals surface area contributed by atoms with Gasteiger partial charge in [-0.3, -0.25) is 9.59 Å². The number of aliphatic hydroxyl groups is 1. The van der Waals surface area contributed by atoms with Crippen molar-refractivity contribution in [2.45, 2.75) is 112 Å². The van der Waals surface area contributed by atoms with Gasteiger partial charge in [0.2, 0.25) is 11.7 Å². The first kappa shape index (κ1) is 27.1. The Morgan fingerprint density at radius 3 is 2.36 bits per heavy atom. The molecule has 3 saturated carbocycles. The Morgan fingerprint density at radius 2 is 1.67 bits per heavy atom. The van der Waals surface area contributed by atoms with E-state index in [4.69, 9.17) is 0 Å². The van der Waals surface area contributed by atoms with Gasteiger partial charge in [0.1, 0.15) is 0 Å². The summed E-state index contributed by atoms with van der Waals surface area (Å²) in [5, 5.41) is 10.4. The lowest BCUT2D eigenvalue weighted by atomic mass is 9.33. The van der Waals surface area contributed by atoms with Crippen LogP contribution in [0.15, 0.2) is 46.3 Å². The quantitative estimate of drug-likeness (QED) is 0.392. The molecule has 0 unspecified atom stereocenters. The monoisotopic (exact) mass is 531 g/mol. The highest BCUT2D eigenvalue weighted by atomic mass is 16.3. The van der Waals surface area contributed by atoms with Gasteiger partial charge in [0.15, 0.2) is 5.76 Å². The van der Waals surface area contributed by atoms with Crippen molar-refractivity contribution in [1.29, 1.82) is 0 Å². The first-order valence-corrected chi connectivity index (χ1v) is 15.7. The Kier molecular flexibility index (Phi) is 6.04. The Bertz CT molecular complexity index is 1250. The number of allylic oxidation sites excluding steroid dienone is 7. The van der Waals surface area contributed by atoms with Crippen molar-refractivity contribution >= 4 is 11.7 Å². The maximum absolute atomic E-state index is 14.1. The average molecular weight is 532 g/mol. The predicted octanol–water partition coefficient (Wildman–Crippen LogP) is 8.02. The molecule has 1 saturated heterocycles. The number of hydrogen-bond acceptors (Lipinski definition) is 3. The number of carbonyl (C=O) groups excluding carboxylic acids is 2. The number of hydrogen-bond donors (Lipinski definition) is 1. The zero-order chi connectivity index (χ0) is 28.0. The predicted molar refractivity (Wildman–Crippen MR) is 156 cm³/mol. The minimum atomic E-state index is -0.269. The molecule has 4 fully saturated rings. The van der Waals surface area contributed by atoms with Crippen LogP contribution in [0, 0.1) is 33.0 Å². The number of nitrogens with zero attached hydrogens (tertiary/aromatic N) is 1. The van der Waals surface area contributed by atoms with Crippen LogP contribution in [-0.2, 0) is 9.59 Å². The molecule has 4 heteroatoms. The SMILES string of the molecule is CC[C@@]12CC[C@@]3(C)C4=CC(=O)C(O)=C(C)C4=CC=C3[C@@]1(C)CC[C@@]1(C)CC[C@@](C)(C(=O)N3CCCCC3)C[C@H]12. The van der Waals surface area contributed by atoms with Gasteiger partial charge in [-0.25, -0.2) is 0 Å². The van der Waals surface area contributed by atoms with Crippen molar-refractivity contribution < 1.29 is 14.7 Å². The fourth-order valence-corrected chi connectivity index (χ4v) is 10.7. The van der Waals surface area contributed by atoms with Crippen LogP contribution in [-0.4, -0.2) is 34.8 Å². The van der Waals surface area contributed by atoms with Gasteiger partial charge >= 0.3 is 0 Å². The lowest BCUT2D eigenvalue weighted by Crippen LogP contribution is -2.63. The number of piperidine rings is 1. The molecule has 1 amide bonds. The zero-order valence-corrected chi connectivity index (χ0v) is 25.2. The second-order valence-electron chi connectivity index (χ2n) is 15.1. The maximum Gasteiger partial charge on any atom is 0.228 e. The topological polar surface area (TPSA) is 57.6 Å². The summed E-state index contributed by atoms with van der Waals surface area (Å²) in [5.41, 5.74) is 4.27. The van der Waals surface area contributed by atoms with Gasteiger partial charge in [-0.05, 0) is 117 Å². The minimum absolute atomic E-state index is 0.00831. The van der Waals surface area contributed by atoms with E-state index in [1.165, 1.54) is 18.4 Å². The van der Waals surface area contributed by atoms with Crippen LogP contribution >= 0.6 is 0 Å². The number of ketones is 1. The van der Waals surface area contributed by atoms with Gasteiger partial charge in [0.05, 0.1) is 0 Å². The largest absolute Gasteiger partial charge is 0.504 e. The summed E-state index contributed by atoms with van der Waals surface area (Å²) in [4.78, 5) is 29.0. The van der Waals surface area contributed by atoms with Crippen LogP contribution < -0.4 is 0 Å². The van der Waals surface area contributed by atoms with Gasteiger partial charge in [-0.15, -0.1) is 0 Å². The van der Waals surface area contributed by atoms with Crippen molar-refractivity contribution in [3.63, 3.8) is 0 Å². The van der Waals surface area contributed by atoms with Gasteiger partial charge in [0.25, 0.3) is 0 Å². The van der Waals surface area contributed by atoms with Crippen LogP contribution in [0.5, 0.6) is 0 Å². The van der Waals surface area contributed by atoms with E-state index in [9.17, 15) is 14.7 Å². The summed E-state index contributed by atoms with van der Waals surface area (Å²) < 4.78 is 0. The second-order valence-corrected chi connectivity index (χ2v) is 15.1. The van der Waals surface area contributed by atoms with E-state index >= 15 is 0 Å². The van der Waals surface area contributed by atoms with Crippen LogP contribution in [0.4, 0.5) is 0 Å². The van der Waals surface area contributed by atoms with E-state index in [-0.39, 0.29) is 38.6 Å². The second kappa shape index (κ2) is 8.70. The summed E-state index contributed by atoms with van der Waals surface area (Å²) in [6, 6.07) is 0. The zero-order valence-electron chi connectivity index (χ0n) is 25.2. The number of amides is 1. The van der Waals surface area contributed by atoms with Gasteiger partial charge < -0.3 is 10.0 Å². The molecule has 0 aromatic heterocycles. The summed E-state index contributed by atoms with van der Waals surface area (Å²) in [5.74, 6) is 0.560. The summed E-state index contributed by atoms with van der Waals surface area (Å²) in [7, 11) is 0. The molecule has 0 radical (unpaired) electrons. The van der Waals surface area contributed by atoms with Crippen LogP contribution in [0.1, 0.15) is 112 Å². The highest BCUT2D eigenvalue weighted by Gasteiger charge is 2.68. The molecule has 0 aromatic carbocycles. The molecule has 6 aliphatic rings. The summed E-state index contributed by atoms with van der Waals surface area (Å²) >= 11 is 0. The average Bonchev–Trinajstić information content (AvgIpc) is 2.93. The molecular formula is C35H49NO3. The molecule has 5 aliphatic carbocycles. The Balaban J connectivity index is 1.43. The number of carbonyl (C=O) groups is 2. The molecule has 1 heterocycles. The van der Waals surface area contributed by atoms with Gasteiger partial charge in [-0.2, -0.15) is 0 Å². The molecule has 212 valence electrons. The highest BCUT2D eigenvalue weighted by Crippen LogP contribution is 2.76. The molecule has 4 nitrogen and oxygen atoms in total. The van der Waals surface area contributed by atoms with Crippen molar-refractivity contribution in [3.05, 3.63) is 46.3 Å². The van der Waals surface area contributed by atoms with E-state index in [0.29, 0.717) is 17.4 Å². The fourth-order valence-electron chi connectivity index (χ4n) is 10.7. The van der Waals surface area contributed by atoms with Crippen molar-refractivity contribution in [2.24, 2.45) is 33.0 Å². The Labute approximate surface area is 235 Å². The smallest absolute Gasteiger partial charge is 0.228 e. The lowest BCUT2D eigenvalue weighted by molar-refractivity contribution is -0.182.